The molecule has 3 heteroatoms. The Labute approximate surface area is 88.7 Å². The zero-order valence-corrected chi connectivity index (χ0v) is 8.43. The molecule has 2 aliphatic heterocycles. The van der Waals surface area contributed by atoms with Gasteiger partial charge in [0.25, 0.3) is 0 Å². The molecule has 0 N–H and O–H groups in total. The number of hydrogen-bond donors (Lipinski definition) is 0. The summed E-state index contributed by atoms with van der Waals surface area (Å²) in [7, 11) is 0. The molecule has 78 valence electrons. The van der Waals surface area contributed by atoms with Gasteiger partial charge in [-0.2, -0.15) is 0 Å². The average Bonchev–Trinajstić information content (AvgIpc) is 2.78. The molecule has 0 amide bonds. The van der Waals surface area contributed by atoms with Gasteiger partial charge in [-0.1, -0.05) is 35.5 Å². The summed E-state index contributed by atoms with van der Waals surface area (Å²) in [5.41, 5.74) is 2.24. The van der Waals surface area contributed by atoms with Crippen molar-refractivity contribution < 1.29 is 9.57 Å². The minimum Gasteiger partial charge on any atom is -0.395 e. The van der Waals surface area contributed by atoms with Gasteiger partial charge in [-0.25, -0.2) is 0 Å². The van der Waals surface area contributed by atoms with Gasteiger partial charge < -0.3 is 9.57 Å². The highest BCUT2D eigenvalue weighted by molar-refractivity contribution is 5.92. The van der Waals surface area contributed by atoms with Gasteiger partial charge in [-0.15, -0.1) is 0 Å². The van der Waals surface area contributed by atoms with Crippen LogP contribution >= 0.6 is 0 Å². The van der Waals surface area contributed by atoms with E-state index in [-0.39, 0.29) is 6.10 Å². The topological polar surface area (TPSA) is 30.8 Å². The number of rotatable bonds is 1. The van der Waals surface area contributed by atoms with Gasteiger partial charge in [-0.3, -0.25) is 0 Å². The lowest BCUT2D eigenvalue weighted by molar-refractivity contribution is 0.0657. The Morgan fingerprint density at radius 1 is 1.20 bits per heavy atom. The fraction of sp³-hybridized carbons (Fsp3) is 0.417. The molecule has 1 aromatic rings. The Bertz CT molecular complexity index is 374. The molecule has 2 heterocycles. The van der Waals surface area contributed by atoms with Gasteiger partial charge in [0, 0.05) is 12.5 Å². The first-order valence-corrected chi connectivity index (χ1v) is 5.31. The van der Waals surface area contributed by atoms with E-state index < -0.39 is 0 Å². The van der Waals surface area contributed by atoms with Crippen molar-refractivity contribution in [3.05, 3.63) is 35.9 Å². The highest BCUT2D eigenvalue weighted by atomic mass is 16.6. The van der Waals surface area contributed by atoms with Crippen LogP contribution in [0.5, 0.6) is 0 Å². The van der Waals surface area contributed by atoms with E-state index in [2.05, 4.69) is 17.3 Å². The predicted octanol–water partition coefficient (Wildman–Crippen LogP) is 2.15. The van der Waals surface area contributed by atoms with Gasteiger partial charge >= 0.3 is 0 Å². The maximum atomic E-state index is 5.77. The largest absolute Gasteiger partial charge is 0.395 e. The van der Waals surface area contributed by atoms with Crippen molar-refractivity contribution in [2.24, 2.45) is 11.1 Å². The summed E-state index contributed by atoms with van der Waals surface area (Å²) in [4.78, 5) is 5.15. The SMILES string of the molecule is c1ccc([C@@H]2OCCC3CON=C32)cc1. The monoisotopic (exact) mass is 203 g/mol. The van der Waals surface area contributed by atoms with E-state index in [9.17, 15) is 0 Å². The second-order valence-electron chi connectivity index (χ2n) is 3.96. The van der Waals surface area contributed by atoms with Crippen LogP contribution in [0, 0.1) is 5.92 Å². The first-order chi connectivity index (χ1) is 7.45. The van der Waals surface area contributed by atoms with Crippen LogP contribution in [0.2, 0.25) is 0 Å². The second kappa shape index (κ2) is 3.66. The maximum absolute atomic E-state index is 5.77. The molecule has 1 aromatic carbocycles. The summed E-state index contributed by atoms with van der Waals surface area (Å²) < 4.78 is 5.77. The first-order valence-electron chi connectivity index (χ1n) is 5.31. The average molecular weight is 203 g/mol. The van der Waals surface area contributed by atoms with Crippen LogP contribution in [0.15, 0.2) is 35.5 Å². The van der Waals surface area contributed by atoms with Crippen LogP contribution in [-0.4, -0.2) is 18.9 Å². The Morgan fingerprint density at radius 3 is 2.93 bits per heavy atom. The molecule has 0 spiro atoms. The van der Waals surface area contributed by atoms with Gasteiger partial charge in [0.15, 0.2) is 0 Å². The normalized spacial score (nSPS) is 29.2. The molecule has 1 unspecified atom stereocenters. The molecule has 3 nitrogen and oxygen atoms in total. The molecule has 0 radical (unpaired) electrons. The van der Waals surface area contributed by atoms with Gasteiger partial charge in [0.05, 0.1) is 5.71 Å². The number of nitrogens with zero attached hydrogens (tertiary/aromatic N) is 1. The quantitative estimate of drug-likeness (QED) is 0.700. The molecule has 0 aliphatic carbocycles. The van der Waals surface area contributed by atoms with Crippen LogP contribution in [0.1, 0.15) is 18.1 Å². The molecule has 2 aliphatic rings. The maximum Gasteiger partial charge on any atom is 0.125 e. The Morgan fingerprint density at radius 2 is 2.07 bits per heavy atom. The highest BCUT2D eigenvalue weighted by Gasteiger charge is 2.35. The van der Waals surface area contributed by atoms with Gasteiger partial charge in [0.1, 0.15) is 12.7 Å². The Hall–Kier alpha value is -1.35. The third-order valence-electron chi connectivity index (χ3n) is 2.99. The van der Waals surface area contributed by atoms with Crippen molar-refractivity contribution >= 4 is 5.71 Å². The molecule has 3 rings (SSSR count). The van der Waals surface area contributed by atoms with Crippen LogP contribution in [0.25, 0.3) is 0 Å². The fourth-order valence-electron chi connectivity index (χ4n) is 2.16. The zero-order chi connectivity index (χ0) is 10.1. The van der Waals surface area contributed by atoms with E-state index in [1.807, 2.05) is 18.2 Å². The lowest BCUT2D eigenvalue weighted by Crippen LogP contribution is -2.30. The summed E-state index contributed by atoms with van der Waals surface area (Å²) in [5, 5.41) is 4.11. The minimum absolute atomic E-state index is 0.00690. The van der Waals surface area contributed by atoms with Crippen molar-refractivity contribution in [1.29, 1.82) is 0 Å². The molecule has 1 fully saturated rings. The molecule has 15 heavy (non-hydrogen) atoms. The summed E-state index contributed by atoms with van der Waals surface area (Å²) in [6.07, 6.45) is 1.04. The Kier molecular flexibility index (Phi) is 2.18. The number of benzene rings is 1. The summed E-state index contributed by atoms with van der Waals surface area (Å²) in [6.45, 7) is 1.52. The van der Waals surface area contributed by atoms with E-state index in [4.69, 9.17) is 9.57 Å². The summed E-state index contributed by atoms with van der Waals surface area (Å²) in [5.74, 6) is 0.462. The molecular weight excluding hydrogens is 190 g/mol. The van der Waals surface area contributed by atoms with Crippen LogP contribution < -0.4 is 0 Å². The molecule has 1 saturated heterocycles. The fourth-order valence-corrected chi connectivity index (χ4v) is 2.16. The van der Waals surface area contributed by atoms with Gasteiger partial charge in [-0.05, 0) is 12.0 Å². The number of ether oxygens (including phenoxy) is 1. The predicted molar refractivity (Wildman–Crippen MR) is 56.6 cm³/mol. The van der Waals surface area contributed by atoms with Crippen molar-refractivity contribution in [3.8, 4) is 0 Å². The summed E-state index contributed by atoms with van der Waals surface area (Å²) >= 11 is 0. The Balaban J connectivity index is 1.92. The van der Waals surface area contributed by atoms with Crippen molar-refractivity contribution in [2.75, 3.05) is 13.2 Å². The van der Waals surface area contributed by atoms with Crippen LogP contribution in [0.3, 0.4) is 0 Å². The van der Waals surface area contributed by atoms with Gasteiger partial charge in [0.2, 0.25) is 0 Å². The second-order valence-corrected chi connectivity index (χ2v) is 3.96. The lowest BCUT2D eigenvalue weighted by Gasteiger charge is -2.26. The van der Waals surface area contributed by atoms with Crippen molar-refractivity contribution in [3.63, 3.8) is 0 Å². The van der Waals surface area contributed by atoms with Crippen LogP contribution in [0.4, 0.5) is 0 Å². The summed E-state index contributed by atoms with van der Waals surface area (Å²) in [6, 6.07) is 10.2. The van der Waals surface area contributed by atoms with E-state index in [0.717, 1.165) is 25.3 Å². The van der Waals surface area contributed by atoms with E-state index in [0.29, 0.717) is 5.92 Å². The standard InChI is InChI=1S/C12H13NO2/c1-2-4-9(5-3-1)12-11-10(6-7-14-12)8-15-13-11/h1-5,10,12H,6-8H2/t10?,12-/m0/s1. The van der Waals surface area contributed by atoms with E-state index >= 15 is 0 Å². The molecule has 0 saturated carbocycles. The van der Waals surface area contributed by atoms with Crippen LogP contribution in [-0.2, 0) is 9.57 Å². The third-order valence-corrected chi connectivity index (χ3v) is 2.99. The first kappa shape index (κ1) is 8.92. The van der Waals surface area contributed by atoms with E-state index in [1.54, 1.807) is 0 Å². The zero-order valence-electron chi connectivity index (χ0n) is 8.43. The number of hydrogen-bond acceptors (Lipinski definition) is 3. The third kappa shape index (κ3) is 1.53. The number of oxime groups is 1. The molecule has 2 atom stereocenters. The molecule has 0 bridgehead atoms. The lowest BCUT2D eigenvalue weighted by atomic mass is 9.91. The molecule has 0 aromatic heterocycles. The van der Waals surface area contributed by atoms with E-state index in [1.165, 1.54) is 5.56 Å². The number of fused-ring (bicyclic) bond motifs is 1. The highest BCUT2D eigenvalue weighted by Crippen LogP contribution is 2.32. The minimum atomic E-state index is 0.00690. The van der Waals surface area contributed by atoms with Crippen molar-refractivity contribution in [1.82, 2.24) is 0 Å². The van der Waals surface area contributed by atoms with Crippen molar-refractivity contribution in [2.45, 2.75) is 12.5 Å². The smallest absolute Gasteiger partial charge is 0.125 e. The molecular formula is C12H13NO2.